The van der Waals surface area contributed by atoms with Crippen molar-refractivity contribution < 1.29 is 23.8 Å². The van der Waals surface area contributed by atoms with Gasteiger partial charge in [-0.05, 0) is 48.9 Å². The van der Waals surface area contributed by atoms with Crippen LogP contribution in [0.15, 0.2) is 48.5 Å². The fourth-order valence-electron chi connectivity index (χ4n) is 2.77. The van der Waals surface area contributed by atoms with E-state index in [0.717, 1.165) is 17.9 Å². The van der Waals surface area contributed by atoms with Crippen LogP contribution in [0.5, 0.6) is 11.5 Å². The van der Waals surface area contributed by atoms with Crippen LogP contribution in [-0.4, -0.2) is 38.7 Å². The van der Waals surface area contributed by atoms with E-state index in [1.807, 2.05) is 6.07 Å². The van der Waals surface area contributed by atoms with E-state index in [1.54, 1.807) is 54.5 Å². The van der Waals surface area contributed by atoms with Gasteiger partial charge in [0, 0.05) is 18.7 Å². The van der Waals surface area contributed by atoms with E-state index in [0.29, 0.717) is 24.3 Å². The van der Waals surface area contributed by atoms with E-state index >= 15 is 0 Å². The van der Waals surface area contributed by atoms with Gasteiger partial charge in [-0.3, -0.25) is 4.79 Å². The molecular formula is C20H21NO5. The van der Waals surface area contributed by atoms with Crippen molar-refractivity contribution in [2.24, 2.45) is 0 Å². The minimum Gasteiger partial charge on any atom is -0.497 e. The molecule has 136 valence electrons. The Kier molecular flexibility index (Phi) is 5.73. The Balaban J connectivity index is 1.49. The summed E-state index contributed by atoms with van der Waals surface area (Å²) < 4.78 is 15.9. The van der Waals surface area contributed by atoms with Crippen molar-refractivity contribution in [2.45, 2.75) is 12.8 Å². The van der Waals surface area contributed by atoms with Crippen molar-refractivity contribution in [1.29, 1.82) is 0 Å². The molecule has 0 bridgehead atoms. The van der Waals surface area contributed by atoms with Crippen LogP contribution in [-0.2, 0) is 9.53 Å². The van der Waals surface area contributed by atoms with Crippen molar-refractivity contribution in [3.63, 3.8) is 0 Å². The molecule has 0 saturated carbocycles. The number of carbonyl (C=O) groups is 2. The number of esters is 1. The van der Waals surface area contributed by atoms with E-state index in [2.05, 4.69) is 0 Å². The van der Waals surface area contributed by atoms with Crippen molar-refractivity contribution in [1.82, 2.24) is 0 Å². The number of methoxy groups -OCH3 is 1. The number of amides is 1. The highest BCUT2D eigenvalue weighted by molar-refractivity contribution is 5.97. The first-order valence-corrected chi connectivity index (χ1v) is 8.52. The number of hydrogen-bond donors (Lipinski definition) is 0. The van der Waals surface area contributed by atoms with Crippen molar-refractivity contribution in [3.05, 3.63) is 54.1 Å². The average molecular weight is 355 g/mol. The number of rotatable bonds is 7. The summed E-state index contributed by atoms with van der Waals surface area (Å²) in [5, 5.41) is 0. The Morgan fingerprint density at radius 2 is 1.85 bits per heavy atom. The number of anilines is 1. The summed E-state index contributed by atoms with van der Waals surface area (Å²) in [6, 6.07) is 14.1. The summed E-state index contributed by atoms with van der Waals surface area (Å²) in [7, 11) is 1.60. The van der Waals surface area contributed by atoms with E-state index < -0.39 is 5.97 Å². The molecule has 0 aliphatic carbocycles. The number of benzene rings is 2. The SMILES string of the molecule is COc1ccc(OCCOC(=O)c2cccc(N3CCCC3=O)c2)cc1. The Labute approximate surface area is 152 Å². The van der Waals surface area contributed by atoms with E-state index in [-0.39, 0.29) is 19.1 Å². The lowest BCUT2D eigenvalue weighted by molar-refractivity contribution is -0.117. The second-order valence-electron chi connectivity index (χ2n) is 5.86. The predicted octanol–water partition coefficient (Wildman–Crippen LogP) is 3.06. The quantitative estimate of drug-likeness (QED) is 0.564. The maximum atomic E-state index is 12.2. The molecule has 1 saturated heterocycles. The maximum absolute atomic E-state index is 12.2. The summed E-state index contributed by atoms with van der Waals surface area (Å²) in [4.78, 5) is 25.7. The van der Waals surface area contributed by atoms with Crippen molar-refractivity contribution >= 4 is 17.6 Å². The molecule has 1 heterocycles. The average Bonchev–Trinajstić information content (AvgIpc) is 3.11. The Morgan fingerprint density at radius 1 is 1.08 bits per heavy atom. The lowest BCUT2D eigenvalue weighted by Crippen LogP contribution is -2.24. The second kappa shape index (κ2) is 8.38. The molecule has 0 N–H and O–H groups in total. The normalized spacial score (nSPS) is 13.6. The Hall–Kier alpha value is -3.02. The Bertz CT molecular complexity index is 772. The van der Waals surface area contributed by atoms with Crippen LogP contribution >= 0.6 is 0 Å². The molecule has 1 aliphatic heterocycles. The van der Waals surface area contributed by atoms with E-state index in [1.165, 1.54) is 0 Å². The molecular weight excluding hydrogens is 334 g/mol. The van der Waals surface area contributed by atoms with Crippen LogP contribution in [0, 0.1) is 0 Å². The van der Waals surface area contributed by atoms with Gasteiger partial charge in [0.1, 0.15) is 24.7 Å². The molecule has 2 aromatic rings. The molecule has 6 heteroatoms. The minimum atomic E-state index is -0.433. The van der Waals surface area contributed by atoms with Gasteiger partial charge in [-0.2, -0.15) is 0 Å². The Morgan fingerprint density at radius 3 is 2.54 bits per heavy atom. The van der Waals surface area contributed by atoms with E-state index in [4.69, 9.17) is 14.2 Å². The summed E-state index contributed by atoms with van der Waals surface area (Å²) in [6.07, 6.45) is 1.40. The second-order valence-corrected chi connectivity index (χ2v) is 5.86. The lowest BCUT2D eigenvalue weighted by atomic mass is 10.2. The monoisotopic (exact) mass is 355 g/mol. The summed E-state index contributed by atoms with van der Waals surface area (Å²) in [6.45, 7) is 1.08. The molecule has 6 nitrogen and oxygen atoms in total. The van der Waals surface area contributed by atoms with Gasteiger partial charge in [0.15, 0.2) is 0 Å². The molecule has 2 aromatic carbocycles. The molecule has 1 fully saturated rings. The first kappa shape index (κ1) is 17.8. The molecule has 0 radical (unpaired) electrons. The lowest BCUT2D eigenvalue weighted by Gasteiger charge is -2.16. The molecule has 1 aliphatic rings. The third-order valence-corrected chi connectivity index (χ3v) is 4.11. The fraction of sp³-hybridized carbons (Fsp3) is 0.300. The zero-order chi connectivity index (χ0) is 18.4. The zero-order valence-corrected chi connectivity index (χ0v) is 14.6. The largest absolute Gasteiger partial charge is 0.497 e. The minimum absolute atomic E-state index is 0.0865. The smallest absolute Gasteiger partial charge is 0.338 e. The van der Waals surface area contributed by atoms with Crippen molar-refractivity contribution in [3.8, 4) is 11.5 Å². The van der Waals surface area contributed by atoms with Crippen LogP contribution in [0.1, 0.15) is 23.2 Å². The van der Waals surface area contributed by atoms with Gasteiger partial charge in [-0.15, -0.1) is 0 Å². The van der Waals surface area contributed by atoms with Gasteiger partial charge >= 0.3 is 5.97 Å². The molecule has 1 amide bonds. The van der Waals surface area contributed by atoms with Crippen molar-refractivity contribution in [2.75, 3.05) is 31.8 Å². The predicted molar refractivity (Wildman–Crippen MR) is 96.8 cm³/mol. The standard InChI is InChI=1S/C20H21NO5/c1-24-17-7-9-18(10-8-17)25-12-13-26-20(23)15-4-2-5-16(14-15)21-11-3-6-19(21)22/h2,4-5,7-10,14H,3,6,11-13H2,1H3. The number of ether oxygens (including phenoxy) is 3. The third kappa shape index (κ3) is 4.33. The highest BCUT2D eigenvalue weighted by atomic mass is 16.6. The molecule has 0 unspecified atom stereocenters. The van der Waals surface area contributed by atoms with Gasteiger partial charge in [-0.25, -0.2) is 4.79 Å². The molecule has 0 atom stereocenters. The van der Waals surface area contributed by atoms with Gasteiger partial charge < -0.3 is 19.1 Å². The van der Waals surface area contributed by atoms with Crippen LogP contribution in [0.25, 0.3) is 0 Å². The first-order chi connectivity index (χ1) is 12.7. The maximum Gasteiger partial charge on any atom is 0.338 e. The summed E-state index contributed by atoms with van der Waals surface area (Å²) >= 11 is 0. The zero-order valence-electron chi connectivity index (χ0n) is 14.6. The van der Waals surface area contributed by atoms with Crippen LogP contribution < -0.4 is 14.4 Å². The number of nitrogens with zero attached hydrogens (tertiary/aromatic N) is 1. The first-order valence-electron chi connectivity index (χ1n) is 8.52. The van der Waals surface area contributed by atoms with Crippen LogP contribution in [0.3, 0.4) is 0 Å². The summed E-state index contributed by atoms with van der Waals surface area (Å²) in [5.41, 5.74) is 1.16. The molecule has 0 aromatic heterocycles. The van der Waals surface area contributed by atoms with Gasteiger partial charge in [-0.1, -0.05) is 6.07 Å². The van der Waals surface area contributed by atoms with E-state index in [9.17, 15) is 9.59 Å². The molecule has 26 heavy (non-hydrogen) atoms. The fourth-order valence-corrected chi connectivity index (χ4v) is 2.77. The number of hydrogen-bond acceptors (Lipinski definition) is 5. The molecule has 3 rings (SSSR count). The molecule has 0 spiro atoms. The summed E-state index contributed by atoms with van der Waals surface area (Å²) in [5.74, 6) is 1.08. The third-order valence-electron chi connectivity index (χ3n) is 4.11. The highest BCUT2D eigenvalue weighted by Crippen LogP contribution is 2.22. The van der Waals surface area contributed by atoms with Gasteiger partial charge in [0.2, 0.25) is 5.91 Å². The van der Waals surface area contributed by atoms with Crippen LogP contribution in [0.2, 0.25) is 0 Å². The highest BCUT2D eigenvalue weighted by Gasteiger charge is 2.22. The number of carbonyl (C=O) groups excluding carboxylic acids is 2. The van der Waals surface area contributed by atoms with Crippen LogP contribution in [0.4, 0.5) is 5.69 Å². The topological polar surface area (TPSA) is 65.1 Å². The van der Waals surface area contributed by atoms with Gasteiger partial charge in [0.05, 0.1) is 12.7 Å². The van der Waals surface area contributed by atoms with Gasteiger partial charge in [0.25, 0.3) is 0 Å².